The molecule has 102 valence electrons. The number of nitrogens with zero attached hydrogens (tertiary/aromatic N) is 1. The van der Waals surface area contributed by atoms with Crippen molar-refractivity contribution >= 4 is 22.4 Å². The molecule has 4 heteroatoms. The van der Waals surface area contributed by atoms with Crippen molar-refractivity contribution in [2.24, 2.45) is 0 Å². The lowest BCUT2D eigenvalue weighted by atomic mass is 10.1. The lowest BCUT2D eigenvalue weighted by Crippen LogP contribution is -2.19. The number of hydrogen-bond acceptors (Lipinski definition) is 3. The molecule has 0 aliphatic heterocycles. The summed E-state index contributed by atoms with van der Waals surface area (Å²) >= 11 is 5.93. The van der Waals surface area contributed by atoms with Crippen molar-refractivity contribution in [2.75, 3.05) is 13.2 Å². The van der Waals surface area contributed by atoms with Crippen LogP contribution in [0.4, 0.5) is 0 Å². The summed E-state index contributed by atoms with van der Waals surface area (Å²) in [6.45, 7) is 5.19. The Kier molecular flexibility index (Phi) is 5.00. The first-order valence-corrected chi connectivity index (χ1v) is 6.96. The highest BCUT2D eigenvalue weighted by molar-refractivity contribution is 6.18. The Balaban J connectivity index is 2.29. The van der Waals surface area contributed by atoms with Crippen LogP contribution in [-0.2, 0) is 10.6 Å². The fourth-order valence-corrected chi connectivity index (χ4v) is 2.15. The maximum Gasteiger partial charge on any atom is 0.221 e. The second-order valence-electron chi connectivity index (χ2n) is 4.36. The van der Waals surface area contributed by atoms with Crippen LogP contribution in [0, 0.1) is 0 Å². The van der Waals surface area contributed by atoms with Crippen LogP contribution in [0.25, 0.3) is 10.8 Å². The van der Waals surface area contributed by atoms with Crippen molar-refractivity contribution in [1.82, 2.24) is 4.98 Å². The summed E-state index contributed by atoms with van der Waals surface area (Å²) in [5, 5.41) is 2.08. The van der Waals surface area contributed by atoms with Crippen molar-refractivity contribution in [3.8, 4) is 5.88 Å². The van der Waals surface area contributed by atoms with E-state index in [0.717, 1.165) is 16.3 Å². The standard InChI is InChI=1S/C15H18ClNO2/c1-3-18-10-11(2)19-15-14-7-5-4-6-13(14)12(8-16)9-17-15/h4-7,9,11H,3,8,10H2,1-2H3. The summed E-state index contributed by atoms with van der Waals surface area (Å²) in [5.41, 5.74) is 1.02. The van der Waals surface area contributed by atoms with E-state index in [1.54, 1.807) is 6.20 Å². The molecule has 1 aromatic carbocycles. The Bertz CT molecular complexity index is 545. The zero-order valence-electron chi connectivity index (χ0n) is 11.2. The van der Waals surface area contributed by atoms with Gasteiger partial charge in [-0.05, 0) is 30.9 Å². The van der Waals surface area contributed by atoms with Crippen LogP contribution in [0.5, 0.6) is 5.88 Å². The molecule has 2 rings (SSSR count). The molecule has 1 atom stereocenters. The molecule has 0 saturated heterocycles. The first-order chi connectivity index (χ1) is 9.26. The Morgan fingerprint density at radius 1 is 1.26 bits per heavy atom. The molecular weight excluding hydrogens is 262 g/mol. The van der Waals surface area contributed by atoms with E-state index in [9.17, 15) is 0 Å². The van der Waals surface area contributed by atoms with Gasteiger partial charge < -0.3 is 9.47 Å². The van der Waals surface area contributed by atoms with Gasteiger partial charge in [0.2, 0.25) is 5.88 Å². The topological polar surface area (TPSA) is 31.4 Å². The molecule has 0 saturated carbocycles. The number of rotatable bonds is 6. The van der Waals surface area contributed by atoms with Gasteiger partial charge in [0.15, 0.2) is 0 Å². The van der Waals surface area contributed by atoms with Crippen LogP contribution in [-0.4, -0.2) is 24.3 Å². The molecule has 0 aliphatic rings. The zero-order valence-corrected chi connectivity index (χ0v) is 12.0. The summed E-state index contributed by atoms with van der Waals surface area (Å²) in [7, 11) is 0. The van der Waals surface area contributed by atoms with E-state index in [-0.39, 0.29) is 6.10 Å². The van der Waals surface area contributed by atoms with Crippen LogP contribution in [0.1, 0.15) is 19.4 Å². The molecule has 3 nitrogen and oxygen atoms in total. The monoisotopic (exact) mass is 279 g/mol. The van der Waals surface area contributed by atoms with Gasteiger partial charge in [-0.1, -0.05) is 18.2 Å². The smallest absolute Gasteiger partial charge is 0.221 e. The van der Waals surface area contributed by atoms with Gasteiger partial charge >= 0.3 is 0 Å². The van der Waals surface area contributed by atoms with Gasteiger partial charge in [-0.15, -0.1) is 11.6 Å². The highest BCUT2D eigenvalue weighted by atomic mass is 35.5. The maximum absolute atomic E-state index is 5.93. The first kappa shape index (κ1) is 14.1. The van der Waals surface area contributed by atoms with Gasteiger partial charge in [-0.25, -0.2) is 4.98 Å². The molecule has 0 bridgehead atoms. The fourth-order valence-electron chi connectivity index (χ4n) is 1.93. The Morgan fingerprint density at radius 3 is 2.68 bits per heavy atom. The minimum Gasteiger partial charge on any atom is -0.472 e. The molecule has 0 radical (unpaired) electrons. The van der Waals surface area contributed by atoms with E-state index in [1.807, 2.05) is 38.1 Å². The van der Waals surface area contributed by atoms with E-state index in [1.165, 1.54) is 0 Å². The fraction of sp³-hybridized carbons (Fsp3) is 0.400. The van der Waals surface area contributed by atoms with Crippen LogP contribution in [0.3, 0.4) is 0 Å². The molecular formula is C15H18ClNO2. The third-order valence-electron chi connectivity index (χ3n) is 2.85. The molecule has 0 aliphatic carbocycles. The van der Waals surface area contributed by atoms with E-state index in [2.05, 4.69) is 4.98 Å². The molecule has 1 heterocycles. The van der Waals surface area contributed by atoms with E-state index < -0.39 is 0 Å². The van der Waals surface area contributed by atoms with Crippen molar-refractivity contribution in [2.45, 2.75) is 25.8 Å². The number of pyridine rings is 1. The minimum atomic E-state index is -0.0299. The van der Waals surface area contributed by atoms with E-state index in [0.29, 0.717) is 25.0 Å². The SMILES string of the molecule is CCOCC(C)Oc1ncc(CCl)c2ccccc12. The highest BCUT2D eigenvalue weighted by Crippen LogP contribution is 2.27. The zero-order chi connectivity index (χ0) is 13.7. The molecule has 2 aromatic rings. The lowest BCUT2D eigenvalue weighted by Gasteiger charge is -2.16. The van der Waals surface area contributed by atoms with Crippen molar-refractivity contribution < 1.29 is 9.47 Å². The molecule has 1 aromatic heterocycles. The average Bonchev–Trinajstić information content (AvgIpc) is 2.45. The summed E-state index contributed by atoms with van der Waals surface area (Å²) < 4.78 is 11.2. The Hall–Kier alpha value is -1.32. The van der Waals surface area contributed by atoms with Gasteiger partial charge in [-0.3, -0.25) is 0 Å². The van der Waals surface area contributed by atoms with E-state index in [4.69, 9.17) is 21.1 Å². The number of halogens is 1. The van der Waals surface area contributed by atoms with Gasteiger partial charge in [0.1, 0.15) is 6.10 Å². The summed E-state index contributed by atoms with van der Waals surface area (Å²) in [5.74, 6) is 1.08. The van der Waals surface area contributed by atoms with Gasteiger partial charge in [-0.2, -0.15) is 0 Å². The summed E-state index contributed by atoms with van der Waals surface area (Å²) in [6.07, 6.45) is 1.75. The van der Waals surface area contributed by atoms with Gasteiger partial charge in [0, 0.05) is 24.1 Å². The van der Waals surface area contributed by atoms with Crippen molar-refractivity contribution in [1.29, 1.82) is 0 Å². The van der Waals surface area contributed by atoms with Crippen LogP contribution < -0.4 is 4.74 Å². The second-order valence-corrected chi connectivity index (χ2v) is 4.62. The Morgan fingerprint density at radius 2 is 2.00 bits per heavy atom. The van der Waals surface area contributed by atoms with Crippen molar-refractivity contribution in [3.05, 3.63) is 36.0 Å². The summed E-state index contributed by atoms with van der Waals surface area (Å²) in [6, 6.07) is 8.00. The predicted octanol–water partition coefficient (Wildman–Crippen LogP) is 3.78. The molecule has 0 spiro atoms. The Labute approximate surface area is 118 Å². The molecule has 19 heavy (non-hydrogen) atoms. The van der Waals surface area contributed by atoms with Gasteiger partial charge in [0.25, 0.3) is 0 Å². The minimum absolute atomic E-state index is 0.0299. The molecule has 1 unspecified atom stereocenters. The van der Waals surface area contributed by atoms with Crippen molar-refractivity contribution in [3.63, 3.8) is 0 Å². The second kappa shape index (κ2) is 6.73. The molecule has 0 amide bonds. The maximum atomic E-state index is 5.93. The number of fused-ring (bicyclic) bond motifs is 1. The first-order valence-electron chi connectivity index (χ1n) is 6.43. The van der Waals surface area contributed by atoms with Crippen LogP contribution >= 0.6 is 11.6 Å². The molecule has 0 fully saturated rings. The normalized spacial score (nSPS) is 12.6. The highest BCUT2D eigenvalue weighted by Gasteiger charge is 2.11. The number of benzene rings is 1. The number of aromatic nitrogens is 1. The van der Waals surface area contributed by atoms with Gasteiger partial charge in [0.05, 0.1) is 6.61 Å². The lowest BCUT2D eigenvalue weighted by molar-refractivity contribution is 0.0642. The largest absolute Gasteiger partial charge is 0.472 e. The number of hydrogen-bond donors (Lipinski definition) is 0. The molecule has 0 N–H and O–H groups in total. The number of alkyl halides is 1. The number of ether oxygens (including phenoxy) is 2. The quantitative estimate of drug-likeness (QED) is 0.754. The third kappa shape index (κ3) is 3.37. The van der Waals surface area contributed by atoms with Crippen LogP contribution in [0.2, 0.25) is 0 Å². The predicted molar refractivity (Wildman–Crippen MR) is 77.9 cm³/mol. The average molecular weight is 280 g/mol. The third-order valence-corrected chi connectivity index (χ3v) is 3.14. The van der Waals surface area contributed by atoms with E-state index >= 15 is 0 Å². The van der Waals surface area contributed by atoms with Crippen LogP contribution in [0.15, 0.2) is 30.5 Å². The summed E-state index contributed by atoms with van der Waals surface area (Å²) in [4.78, 5) is 4.36.